The van der Waals surface area contributed by atoms with Crippen molar-refractivity contribution in [2.75, 3.05) is 0 Å². The fourth-order valence-electron chi connectivity index (χ4n) is 2.21. The smallest absolute Gasteiger partial charge is 0.363 e. The van der Waals surface area contributed by atoms with Gasteiger partial charge in [0.05, 0.1) is 4.92 Å². The first-order valence-corrected chi connectivity index (χ1v) is 7.48. The van der Waals surface area contributed by atoms with Crippen LogP contribution in [0.25, 0.3) is 6.08 Å². The van der Waals surface area contributed by atoms with Crippen LogP contribution in [0.2, 0.25) is 0 Å². The van der Waals surface area contributed by atoms with Crippen LogP contribution >= 0.6 is 0 Å². The highest BCUT2D eigenvalue weighted by atomic mass is 16.6. The van der Waals surface area contributed by atoms with Gasteiger partial charge in [-0.1, -0.05) is 0 Å². The van der Waals surface area contributed by atoms with Crippen molar-refractivity contribution >= 4 is 29.6 Å². The van der Waals surface area contributed by atoms with Crippen LogP contribution in [0, 0.1) is 10.1 Å². The molecule has 0 amide bonds. The molecule has 0 fully saturated rings. The van der Waals surface area contributed by atoms with E-state index in [0.29, 0.717) is 16.9 Å². The third kappa shape index (κ3) is 3.81. The van der Waals surface area contributed by atoms with Gasteiger partial charge in [-0.05, 0) is 48.0 Å². The van der Waals surface area contributed by atoms with Gasteiger partial charge in [0.15, 0.2) is 5.70 Å². The summed E-state index contributed by atoms with van der Waals surface area (Å²) in [6.07, 6.45) is 1.48. The summed E-state index contributed by atoms with van der Waals surface area (Å²) < 4.78 is 10.1. The number of nitro benzene ring substituents is 1. The summed E-state index contributed by atoms with van der Waals surface area (Å²) in [7, 11) is 0. The van der Waals surface area contributed by atoms with Crippen molar-refractivity contribution in [2.45, 2.75) is 6.92 Å². The van der Waals surface area contributed by atoms with E-state index in [4.69, 9.17) is 9.47 Å². The molecule has 26 heavy (non-hydrogen) atoms. The molecule has 3 rings (SSSR count). The van der Waals surface area contributed by atoms with Gasteiger partial charge in [0.1, 0.15) is 5.75 Å². The number of carbonyl (C=O) groups excluding carboxylic acids is 2. The van der Waals surface area contributed by atoms with Gasteiger partial charge in [0, 0.05) is 24.6 Å². The maximum absolute atomic E-state index is 12.0. The molecule has 1 heterocycles. The van der Waals surface area contributed by atoms with Crippen molar-refractivity contribution in [3.8, 4) is 5.75 Å². The molecule has 0 atom stereocenters. The number of benzene rings is 2. The topological polar surface area (TPSA) is 108 Å². The number of esters is 2. The van der Waals surface area contributed by atoms with Crippen LogP contribution in [0.4, 0.5) is 5.69 Å². The summed E-state index contributed by atoms with van der Waals surface area (Å²) in [6, 6.07) is 12.0. The lowest BCUT2D eigenvalue weighted by molar-refractivity contribution is -0.384. The summed E-state index contributed by atoms with van der Waals surface area (Å²) in [5, 5.41) is 10.7. The summed E-state index contributed by atoms with van der Waals surface area (Å²) in [5.74, 6) is -0.566. The van der Waals surface area contributed by atoms with E-state index in [1.54, 1.807) is 24.3 Å². The lowest BCUT2D eigenvalue weighted by Gasteiger charge is -2.02. The Morgan fingerprint density at radius 1 is 1.15 bits per heavy atom. The molecular weight excluding hydrogens is 340 g/mol. The molecule has 0 saturated carbocycles. The van der Waals surface area contributed by atoms with Gasteiger partial charge in [-0.2, -0.15) is 0 Å². The zero-order chi connectivity index (χ0) is 18.7. The molecule has 0 bridgehead atoms. The molecule has 2 aromatic carbocycles. The second-order valence-corrected chi connectivity index (χ2v) is 5.30. The van der Waals surface area contributed by atoms with E-state index in [9.17, 15) is 19.7 Å². The minimum absolute atomic E-state index is 0.0433. The molecule has 130 valence electrons. The Bertz CT molecular complexity index is 943. The highest BCUT2D eigenvalue weighted by molar-refractivity contribution is 6.12. The Hall–Kier alpha value is -3.81. The molecule has 1 aliphatic rings. The molecule has 0 aromatic heterocycles. The maximum Gasteiger partial charge on any atom is 0.363 e. The third-order valence-electron chi connectivity index (χ3n) is 3.39. The second kappa shape index (κ2) is 6.98. The molecule has 0 spiro atoms. The van der Waals surface area contributed by atoms with Crippen LogP contribution in [0.15, 0.2) is 59.2 Å². The summed E-state index contributed by atoms with van der Waals surface area (Å²) in [6.45, 7) is 1.30. The highest BCUT2D eigenvalue weighted by Crippen LogP contribution is 2.22. The molecule has 2 aromatic rings. The van der Waals surface area contributed by atoms with Gasteiger partial charge in [-0.25, -0.2) is 9.79 Å². The first-order valence-electron chi connectivity index (χ1n) is 7.48. The van der Waals surface area contributed by atoms with E-state index in [1.165, 1.54) is 37.3 Å². The number of carbonyl (C=O) groups is 2. The fraction of sp³-hybridized carbons (Fsp3) is 0.0556. The molecule has 0 aliphatic carbocycles. The second-order valence-electron chi connectivity index (χ2n) is 5.30. The predicted molar refractivity (Wildman–Crippen MR) is 91.5 cm³/mol. The fourth-order valence-corrected chi connectivity index (χ4v) is 2.21. The van der Waals surface area contributed by atoms with Crippen molar-refractivity contribution in [3.63, 3.8) is 0 Å². The van der Waals surface area contributed by atoms with Crippen LogP contribution in [-0.4, -0.2) is 22.8 Å². The lowest BCUT2D eigenvalue weighted by atomic mass is 10.2. The zero-order valence-electron chi connectivity index (χ0n) is 13.5. The zero-order valence-corrected chi connectivity index (χ0v) is 13.5. The number of nitrogens with zero attached hydrogens (tertiary/aromatic N) is 2. The maximum atomic E-state index is 12.0. The van der Waals surface area contributed by atoms with E-state index >= 15 is 0 Å². The van der Waals surface area contributed by atoms with Gasteiger partial charge in [0.2, 0.25) is 5.90 Å². The van der Waals surface area contributed by atoms with E-state index < -0.39 is 16.9 Å². The van der Waals surface area contributed by atoms with Crippen molar-refractivity contribution in [2.24, 2.45) is 4.99 Å². The molecule has 0 N–H and O–H groups in total. The Kier molecular flexibility index (Phi) is 4.57. The normalized spacial score (nSPS) is 14.7. The monoisotopic (exact) mass is 352 g/mol. The Balaban J connectivity index is 1.82. The Morgan fingerprint density at radius 3 is 2.38 bits per heavy atom. The van der Waals surface area contributed by atoms with Gasteiger partial charge < -0.3 is 9.47 Å². The van der Waals surface area contributed by atoms with E-state index in [2.05, 4.69) is 4.99 Å². The predicted octanol–water partition coefficient (Wildman–Crippen LogP) is 2.86. The van der Waals surface area contributed by atoms with Gasteiger partial charge in [-0.3, -0.25) is 14.9 Å². The minimum Gasteiger partial charge on any atom is -0.427 e. The summed E-state index contributed by atoms with van der Waals surface area (Å²) in [4.78, 5) is 37.2. The van der Waals surface area contributed by atoms with Crippen molar-refractivity contribution < 1.29 is 24.0 Å². The number of ether oxygens (including phenoxy) is 2. The molecule has 0 saturated heterocycles. The van der Waals surface area contributed by atoms with Gasteiger partial charge in [0.25, 0.3) is 5.69 Å². The molecule has 0 radical (unpaired) electrons. The average molecular weight is 352 g/mol. The average Bonchev–Trinajstić information content (AvgIpc) is 2.96. The van der Waals surface area contributed by atoms with Crippen LogP contribution in [0.1, 0.15) is 18.1 Å². The lowest BCUT2D eigenvalue weighted by Crippen LogP contribution is -2.06. The SMILES string of the molecule is CC(=O)Oc1ccc(C2=N/C(=C/c3ccc([N+](=O)[O-])cc3)C(=O)O2)cc1. The first kappa shape index (κ1) is 17.0. The number of aliphatic imine (C=N–C) groups is 1. The number of non-ortho nitro benzene ring substituents is 1. The van der Waals surface area contributed by atoms with E-state index in [1.807, 2.05) is 0 Å². The number of hydrogen-bond acceptors (Lipinski definition) is 7. The van der Waals surface area contributed by atoms with Crippen molar-refractivity contribution in [1.82, 2.24) is 0 Å². The quantitative estimate of drug-likeness (QED) is 0.275. The number of hydrogen-bond donors (Lipinski definition) is 0. The minimum atomic E-state index is -0.623. The van der Waals surface area contributed by atoms with Crippen molar-refractivity contribution in [3.05, 3.63) is 75.5 Å². The number of cyclic esters (lactones) is 1. The standard InChI is InChI=1S/C18H12N2O6/c1-11(21)25-15-8-4-13(5-9-15)17-19-16(18(22)26-17)10-12-2-6-14(7-3-12)20(23)24/h2-10H,1H3/b16-10+. The van der Waals surface area contributed by atoms with E-state index in [-0.39, 0.29) is 17.3 Å². The van der Waals surface area contributed by atoms with Gasteiger partial charge >= 0.3 is 11.9 Å². The van der Waals surface area contributed by atoms with Crippen LogP contribution in [0.5, 0.6) is 5.75 Å². The third-order valence-corrected chi connectivity index (χ3v) is 3.39. The van der Waals surface area contributed by atoms with E-state index in [0.717, 1.165) is 0 Å². The van der Waals surface area contributed by atoms with Crippen LogP contribution in [0.3, 0.4) is 0 Å². The highest BCUT2D eigenvalue weighted by Gasteiger charge is 2.24. The summed E-state index contributed by atoms with van der Waals surface area (Å²) >= 11 is 0. The molecular formula is C18H12N2O6. The molecule has 8 heteroatoms. The van der Waals surface area contributed by atoms with Crippen LogP contribution < -0.4 is 4.74 Å². The van der Waals surface area contributed by atoms with Crippen LogP contribution in [-0.2, 0) is 14.3 Å². The largest absolute Gasteiger partial charge is 0.427 e. The molecule has 1 aliphatic heterocycles. The molecule has 8 nitrogen and oxygen atoms in total. The number of nitro groups is 1. The molecule has 0 unspecified atom stereocenters. The first-order chi connectivity index (χ1) is 12.4. The Morgan fingerprint density at radius 2 is 1.81 bits per heavy atom. The van der Waals surface area contributed by atoms with Crippen molar-refractivity contribution in [1.29, 1.82) is 0 Å². The Labute approximate surface area is 147 Å². The summed E-state index contributed by atoms with van der Waals surface area (Å²) in [5.41, 5.74) is 1.16. The van der Waals surface area contributed by atoms with Gasteiger partial charge in [-0.15, -0.1) is 0 Å². The number of rotatable bonds is 4.